The molecule has 0 bridgehead atoms. The van der Waals surface area contributed by atoms with Gasteiger partial charge in [0.1, 0.15) is 11.8 Å². The first-order valence-corrected chi connectivity index (χ1v) is 6.51. The number of nitriles is 1. The van der Waals surface area contributed by atoms with Crippen molar-refractivity contribution in [2.45, 2.75) is 19.5 Å². The monoisotopic (exact) mass is 267 g/mol. The van der Waals surface area contributed by atoms with Gasteiger partial charge in [0.05, 0.1) is 0 Å². The van der Waals surface area contributed by atoms with E-state index in [1.165, 1.54) is 0 Å². The molecule has 102 valence electrons. The minimum absolute atomic E-state index is 0.0724. The van der Waals surface area contributed by atoms with Crippen molar-refractivity contribution in [2.24, 2.45) is 0 Å². The number of rotatable bonds is 6. The summed E-state index contributed by atoms with van der Waals surface area (Å²) >= 11 is 0. The van der Waals surface area contributed by atoms with Gasteiger partial charge in [0, 0.05) is 25.0 Å². The third kappa shape index (κ3) is 4.08. The molecule has 2 aromatic rings. The van der Waals surface area contributed by atoms with Crippen LogP contribution in [0.15, 0.2) is 48.8 Å². The molecule has 0 unspecified atom stereocenters. The number of pyridine rings is 1. The van der Waals surface area contributed by atoms with Crippen molar-refractivity contribution in [2.75, 3.05) is 6.61 Å². The molecule has 4 nitrogen and oxygen atoms in total. The lowest BCUT2D eigenvalue weighted by Crippen LogP contribution is -2.18. The molecule has 0 aliphatic heterocycles. The quantitative estimate of drug-likeness (QED) is 0.874. The molecule has 1 aromatic heterocycles. The summed E-state index contributed by atoms with van der Waals surface area (Å²) in [6.45, 7) is 2.91. The molecular weight excluding hydrogens is 250 g/mol. The highest BCUT2D eigenvalue weighted by atomic mass is 16.5. The Labute approximate surface area is 119 Å². The number of aromatic nitrogens is 1. The number of nitrogens with one attached hydrogen (secondary N) is 1. The molecule has 0 amide bonds. The van der Waals surface area contributed by atoms with Gasteiger partial charge in [-0.05, 0) is 36.2 Å². The summed E-state index contributed by atoms with van der Waals surface area (Å²) in [5.74, 6) is 0.722. The van der Waals surface area contributed by atoms with Crippen LogP contribution in [-0.4, -0.2) is 11.6 Å². The van der Waals surface area contributed by atoms with Crippen LogP contribution in [0.4, 0.5) is 0 Å². The number of ether oxygens (including phenoxy) is 1. The van der Waals surface area contributed by atoms with E-state index >= 15 is 0 Å². The van der Waals surface area contributed by atoms with Gasteiger partial charge in [0.25, 0.3) is 0 Å². The van der Waals surface area contributed by atoms with Crippen LogP contribution in [0.2, 0.25) is 0 Å². The van der Waals surface area contributed by atoms with Crippen molar-refractivity contribution in [3.8, 4) is 11.8 Å². The van der Waals surface area contributed by atoms with Gasteiger partial charge in [-0.15, -0.1) is 0 Å². The average molecular weight is 267 g/mol. The third-order valence-corrected chi connectivity index (χ3v) is 3.00. The molecule has 1 heterocycles. The summed E-state index contributed by atoms with van der Waals surface area (Å²) in [4.78, 5) is 4.12. The Kier molecular flexibility index (Phi) is 5.10. The number of nitrogens with zero attached hydrogens (tertiary/aromatic N) is 2. The zero-order chi connectivity index (χ0) is 14.2. The molecule has 1 N–H and O–H groups in total. The Morgan fingerprint density at radius 3 is 3.00 bits per heavy atom. The zero-order valence-electron chi connectivity index (χ0n) is 11.4. The van der Waals surface area contributed by atoms with Crippen LogP contribution in [0, 0.1) is 11.3 Å². The molecule has 0 saturated carbocycles. The Bertz CT molecular complexity index is 578. The summed E-state index contributed by atoms with van der Waals surface area (Å²) in [5, 5.41) is 11.9. The molecule has 2 rings (SSSR count). The normalized spacial score (nSPS) is 11.6. The van der Waals surface area contributed by atoms with Crippen molar-refractivity contribution < 1.29 is 4.74 Å². The molecular formula is C16H17N3O. The number of hydrogen-bond acceptors (Lipinski definition) is 4. The van der Waals surface area contributed by atoms with E-state index in [0.29, 0.717) is 0 Å². The van der Waals surface area contributed by atoms with Crippen molar-refractivity contribution in [3.05, 3.63) is 59.9 Å². The van der Waals surface area contributed by atoms with Crippen LogP contribution in [0.1, 0.15) is 24.1 Å². The van der Waals surface area contributed by atoms with E-state index in [9.17, 15) is 0 Å². The fourth-order valence-corrected chi connectivity index (χ4v) is 1.88. The summed E-state index contributed by atoms with van der Waals surface area (Å²) in [6.07, 6.45) is 3.64. The van der Waals surface area contributed by atoms with Gasteiger partial charge in [-0.1, -0.05) is 18.2 Å². The van der Waals surface area contributed by atoms with Crippen LogP contribution >= 0.6 is 0 Å². The van der Waals surface area contributed by atoms with E-state index in [4.69, 9.17) is 10.00 Å². The highest BCUT2D eigenvalue weighted by Crippen LogP contribution is 2.15. The van der Waals surface area contributed by atoms with Crippen molar-refractivity contribution in [1.29, 1.82) is 5.26 Å². The van der Waals surface area contributed by atoms with Gasteiger partial charge in [-0.3, -0.25) is 4.98 Å². The summed E-state index contributed by atoms with van der Waals surface area (Å²) in [7, 11) is 0. The summed E-state index contributed by atoms with van der Waals surface area (Å²) in [5.41, 5.74) is 2.28. The first kappa shape index (κ1) is 14.0. The van der Waals surface area contributed by atoms with Gasteiger partial charge in [0.2, 0.25) is 0 Å². The van der Waals surface area contributed by atoms with E-state index in [0.717, 1.165) is 23.4 Å². The third-order valence-electron chi connectivity index (χ3n) is 3.00. The van der Waals surface area contributed by atoms with Crippen LogP contribution in [0.3, 0.4) is 0 Å². The molecule has 0 spiro atoms. The smallest absolute Gasteiger partial charge is 0.174 e. The Morgan fingerprint density at radius 2 is 2.25 bits per heavy atom. The predicted molar refractivity (Wildman–Crippen MR) is 77.0 cm³/mol. The maximum atomic E-state index is 8.51. The Balaban J connectivity index is 1.92. The minimum Gasteiger partial charge on any atom is -0.479 e. The minimum atomic E-state index is 0.0724. The first-order valence-electron chi connectivity index (χ1n) is 6.51. The molecule has 0 fully saturated rings. The second-order valence-corrected chi connectivity index (χ2v) is 4.48. The molecule has 0 aliphatic rings. The molecule has 20 heavy (non-hydrogen) atoms. The van der Waals surface area contributed by atoms with Crippen molar-refractivity contribution in [3.63, 3.8) is 0 Å². The molecule has 0 saturated heterocycles. The standard InChI is InChI=1S/C16H17N3O/c1-13(15-5-3-8-18-12-15)19-11-14-4-2-6-16(10-14)20-9-7-17/h2-6,8,10,12-13,19H,9,11H2,1H3/t13-/m0/s1. The van der Waals surface area contributed by atoms with Crippen LogP contribution in [0.25, 0.3) is 0 Å². The highest BCUT2D eigenvalue weighted by molar-refractivity contribution is 5.28. The van der Waals surface area contributed by atoms with Crippen LogP contribution < -0.4 is 10.1 Å². The Hall–Kier alpha value is -2.38. The second-order valence-electron chi connectivity index (χ2n) is 4.48. The van der Waals surface area contributed by atoms with Crippen LogP contribution in [0.5, 0.6) is 5.75 Å². The molecule has 1 atom stereocenters. The van der Waals surface area contributed by atoms with Crippen LogP contribution in [-0.2, 0) is 6.54 Å². The fourth-order valence-electron chi connectivity index (χ4n) is 1.88. The fraction of sp³-hybridized carbons (Fsp3) is 0.250. The lowest BCUT2D eigenvalue weighted by atomic mass is 10.1. The average Bonchev–Trinajstić information content (AvgIpc) is 2.52. The topological polar surface area (TPSA) is 57.9 Å². The molecule has 0 aliphatic carbocycles. The van der Waals surface area contributed by atoms with E-state index < -0.39 is 0 Å². The Morgan fingerprint density at radius 1 is 1.35 bits per heavy atom. The lowest BCUT2D eigenvalue weighted by molar-refractivity contribution is 0.367. The number of benzene rings is 1. The SMILES string of the molecule is C[C@H](NCc1cccc(OCC#N)c1)c1cccnc1. The van der Waals surface area contributed by atoms with Gasteiger partial charge < -0.3 is 10.1 Å². The molecule has 0 radical (unpaired) electrons. The van der Waals surface area contributed by atoms with Gasteiger partial charge in [0.15, 0.2) is 6.61 Å². The van der Waals surface area contributed by atoms with Crippen molar-refractivity contribution >= 4 is 0 Å². The van der Waals surface area contributed by atoms with Gasteiger partial charge in [-0.25, -0.2) is 0 Å². The van der Waals surface area contributed by atoms with Gasteiger partial charge >= 0.3 is 0 Å². The van der Waals surface area contributed by atoms with E-state index in [1.54, 1.807) is 6.20 Å². The highest BCUT2D eigenvalue weighted by Gasteiger charge is 2.04. The lowest BCUT2D eigenvalue weighted by Gasteiger charge is -2.14. The molecule has 1 aromatic carbocycles. The predicted octanol–water partition coefficient (Wildman–Crippen LogP) is 2.83. The number of hydrogen-bond donors (Lipinski definition) is 1. The largest absolute Gasteiger partial charge is 0.479 e. The maximum absolute atomic E-state index is 8.51. The van der Waals surface area contributed by atoms with Crippen molar-refractivity contribution in [1.82, 2.24) is 10.3 Å². The first-order chi connectivity index (χ1) is 9.79. The summed E-state index contributed by atoms with van der Waals surface area (Å²) < 4.78 is 5.29. The maximum Gasteiger partial charge on any atom is 0.174 e. The molecule has 4 heteroatoms. The van der Waals surface area contributed by atoms with E-state index in [-0.39, 0.29) is 12.6 Å². The second kappa shape index (κ2) is 7.27. The van der Waals surface area contributed by atoms with E-state index in [1.807, 2.05) is 42.6 Å². The zero-order valence-corrected chi connectivity index (χ0v) is 11.4. The van der Waals surface area contributed by atoms with Gasteiger partial charge in [-0.2, -0.15) is 5.26 Å². The summed E-state index contributed by atoms with van der Waals surface area (Å²) in [6, 6.07) is 13.9. The van der Waals surface area contributed by atoms with E-state index in [2.05, 4.69) is 23.3 Å².